The van der Waals surface area contributed by atoms with Gasteiger partial charge in [-0.15, -0.1) is 0 Å². The molecule has 0 aromatic heterocycles. The van der Waals surface area contributed by atoms with Crippen molar-refractivity contribution in [2.45, 2.75) is 26.8 Å². The highest BCUT2D eigenvalue weighted by atomic mass is 15.3. The van der Waals surface area contributed by atoms with E-state index in [1.54, 1.807) is 6.92 Å². The highest BCUT2D eigenvalue weighted by molar-refractivity contribution is 5.70. The van der Waals surface area contributed by atoms with Crippen LogP contribution in [0.5, 0.6) is 0 Å². The summed E-state index contributed by atoms with van der Waals surface area (Å²) in [6.07, 6.45) is 0. The smallest absolute Gasteiger partial charge is 0.260 e. The summed E-state index contributed by atoms with van der Waals surface area (Å²) in [6.45, 7) is 5.88. The molecule has 0 aromatic carbocycles. The summed E-state index contributed by atoms with van der Waals surface area (Å²) >= 11 is 0. The molecule has 0 aliphatic heterocycles. The first-order valence-electron chi connectivity index (χ1n) is 2.73. The van der Waals surface area contributed by atoms with Crippen molar-refractivity contribution < 1.29 is 5.10 Å². The number of nitrogens with one attached hydrogen (secondary N) is 2. The van der Waals surface area contributed by atoms with Crippen LogP contribution in [0.2, 0.25) is 0 Å². The lowest BCUT2D eigenvalue weighted by Crippen LogP contribution is -2.85. The molecular formula is C5H14N3+. The zero-order chi connectivity index (χ0) is 6.57. The van der Waals surface area contributed by atoms with Crippen molar-refractivity contribution in [3.63, 3.8) is 0 Å². The van der Waals surface area contributed by atoms with E-state index < -0.39 is 0 Å². The lowest BCUT2D eigenvalue weighted by atomic mass is 10.4. The van der Waals surface area contributed by atoms with Gasteiger partial charge in [0, 0.05) is 6.92 Å². The topological polar surface area (TPSA) is 52.0 Å². The normalized spacial score (nSPS) is 12.2. The van der Waals surface area contributed by atoms with E-state index in [0.29, 0.717) is 11.9 Å². The molecule has 0 amide bonds. The largest absolute Gasteiger partial charge is 0.290 e. The summed E-state index contributed by atoms with van der Waals surface area (Å²) in [4.78, 5) is 0. The molecule has 8 heavy (non-hydrogen) atoms. The summed E-state index contributed by atoms with van der Waals surface area (Å²) in [5.41, 5.74) is 8.22. The molecule has 0 radical (unpaired) electrons. The van der Waals surface area contributed by atoms with Gasteiger partial charge in [-0.05, 0) is 13.8 Å². The van der Waals surface area contributed by atoms with E-state index >= 15 is 0 Å². The number of hydrogen-bond donors (Lipinski definition) is 3. The Morgan fingerprint density at radius 3 is 2.25 bits per heavy atom. The average Bonchev–Trinajstić information content (AvgIpc) is 1.61. The minimum absolute atomic E-state index is 0.425. The molecule has 0 bridgehead atoms. The standard InChI is InChI=1S/C5H13N3/c1-4(2)7-8-5(3)6/h4,7H,1-3H3,(H2,6,8)/p+1. The molecule has 0 heterocycles. The van der Waals surface area contributed by atoms with Gasteiger partial charge in [0.05, 0.1) is 6.04 Å². The first kappa shape index (κ1) is 7.27. The summed E-state index contributed by atoms with van der Waals surface area (Å²) in [5, 5.41) is 2.79. The number of hydrazine groups is 1. The summed E-state index contributed by atoms with van der Waals surface area (Å²) in [6, 6.07) is 0.425. The summed E-state index contributed by atoms with van der Waals surface area (Å²) in [7, 11) is 0. The van der Waals surface area contributed by atoms with E-state index in [9.17, 15) is 0 Å². The van der Waals surface area contributed by atoms with Gasteiger partial charge in [-0.3, -0.25) is 11.2 Å². The second kappa shape index (κ2) is 3.29. The molecule has 48 valence electrons. The van der Waals surface area contributed by atoms with Crippen LogP contribution in [0.25, 0.3) is 0 Å². The van der Waals surface area contributed by atoms with Crippen molar-refractivity contribution in [1.29, 1.82) is 0 Å². The monoisotopic (exact) mass is 116 g/mol. The third-order valence-corrected chi connectivity index (χ3v) is 0.558. The molecule has 0 saturated heterocycles. The zero-order valence-electron chi connectivity index (χ0n) is 5.65. The molecule has 3 nitrogen and oxygen atoms in total. The third-order valence-electron chi connectivity index (χ3n) is 0.558. The molecule has 0 fully saturated rings. The zero-order valence-corrected chi connectivity index (χ0v) is 5.65. The molecule has 3 heteroatoms. The van der Waals surface area contributed by atoms with Crippen molar-refractivity contribution >= 4 is 5.84 Å². The van der Waals surface area contributed by atoms with Crippen LogP contribution >= 0.6 is 0 Å². The fourth-order valence-electron chi connectivity index (χ4n) is 0.258. The maximum absolute atomic E-state index is 5.28. The molecule has 0 spiro atoms. The van der Waals surface area contributed by atoms with E-state index in [2.05, 4.69) is 10.5 Å². The quantitative estimate of drug-likeness (QED) is 0.230. The molecule has 0 saturated carbocycles. The van der Waals surface area contributed by atoms with E-state index in [1.165, 1.54) is 0 Å². The lowest BCUT2D eigenvalue weighted by molar-refractivity contribution is -0.533. The van der Waals surface area contributed by atoms with Crippen LogP contribution in [-0.4, -0.2) is 11.9 Å². The van der Waals surface area contributed by atoms with Crippen molar-refractivity contribution in [2.75, 3.05) is 0 Å². The highest BCUT2D eigenvalue weighted by Gasteiger charge is 1.87. The Balaban J connectivity index is 3.29. The first-order chi connectivity index (χ1) is 3.63. The van der Waals surface area contributed by atoms with Crippen LogP contribution in [0.15, 0.2) is 0 Å². The number of hydrazone groups is 1. The van der Waals surface area contributed by atoms with E-state index in [1.807, 2.05) is 13.8 Å². The van der Waals surface area contributed by atoms with Gasteiger partial charge in [0.25, 0.3) is 5.84 Å². The predicted molar refractivity (Wildman–Crippen MR) is 34.1 cm³/mol. The van der Waals surface area contributed by atoms with Gasteiger partial charge in [0.1, 0.15) is 0 Å². The van der Waals surface area contributed by atoms with Crippen molar-refractivity contribution in [3.8, 4) is 0 Å². The van der Waals surface area contributed by atoms with Crippen molar-refractivity contribution in [1.82, 2.24) is 5.43 Å². The third kappa shape index (κ3) is 5.27. The van der Waals surface area contributed by atoms with Gasteiger partial charge in [-0.1, -0.05) is 0 Å². The van der Waals surface area contributed by atoms with Gasteiger partial charge in [0.2, 0.25) is 0 Å². The summed E-state index contributed by atoms with van der Waals surface area (Å²) < 4.78 is 0. The second-order valence-electron chi connectivity index (χ2n) is 2.11. The SMILES string of the molecule is C/C(N)=[NH+]/NC(C)C. The Morgan fingerprint density at radius 1 is 1.62 bits per heavy atom. The van der Waals surface area contributed by atoms with Gasteiger partial charge < -0.3 is 0 Å². The Hall–Kier alpha value is -0.730. The fourth-order valence-corrected chi connectivity index (χ4v) is 0.258. The predicted octanol–water partition coefficient (Wildman–Crippen LogP) is -1.64. The summed E-state index contributed by atoms with van der Waals surface area (Å²) in [5.74, 6) is 0.693. The first-order valence-corrected chi connectivity index (χ1v) is 2.73. The molecule has 0 atom stereocenters. The number of nitrogens with two attached hydrogens (primary N) is 1. The lowest BCUT2D eigenvalue weighted by Gasteiger charge is -1.98. The van der Waals surface area contributed by atoms with Crippen LogP contribution < -0.4 is 16.3 Å². The Labute approximate surface area is 50.0 Å². The van der Waals surface area contributed by atoms with E-state index in [4.69, 9.17) is 5.73 Å². The van der Waals surface area contributed by atoms with Gasteiger partial charge in [-0.25, -0.2) is 0 Å². The average molecular weight is 116 g/mol. The molecule has 0 aromatic rings. The Morgan fingerprint density at radius 2 is 2.12 bits per heavy atom. The van der Waals surface area contributed by atoms with E-state index in [-0.39, 0.29) is 0 Å². The Kier molecular flexibility index (Phi) is 2.99. The van der Waals surface area contributed by atoms with Gasteiger partial charge >= 0.3 is 0 Å². The molecule has 4 N–H and O–H groups in total. The van der Waals surface area contributed by atoms with Crippen LogP contribution in [0.4, 0.5) is 0 Å². The minimum atomic E-state index is 0.425. The fraction of sp³-hybridized carbons (Fsp3) is 0.800. The van der Waals surface area contributed by atoms with Crippen LogP contribution in [0.3, 0.4) is 0 Å². The van der Waals surface area contributed by atoms with Crippen LogP contribution in [0.1, 0.15) is 20.8 Å². The molecular weight excluding hydrogens is 102 g/mol. The van der Waals surface area contributed by atoms with Crippen molar-refractivity contribution in [2.24, 2.45) is 5.73 Å². The van der Waals surface area contributed by atoms with Gasteiger partial charge in [-0.2, -0.15) is 5.10 Å². The van der Waals surface area contributed by atoms with Crippen molar-refractivity contribution in [3.05, 3.63) is 0 Å². The maximum Gasteiger partial charge on any atom is 0.260 e. The Bertz CT molecular complexity index is 81.7. The maximum atomic E-state index is 5.28. The minimum Gasteiger partial charge on any atom is -0.290 e. The molecule has 0 aliphatic carbocycles. The second-order valence-corrected chi connectivity index (χ2v) is 2.11. The van der Waals surface area contributed by atoms with Crippen LogP contribution in [0, 0.1) is 0 Å². The van der Waals surface area contributed by atoms with Gasteiger partial charge in [0.15, 0.2) is 0 Å². The number of hydrogen-bond acceptors (Lipinski definition) is 1. The highest BCUT2D eigenvalue weighted by Crippen LogP contribution is 1.64. The van der Waals surface area contributed by atoms with Crippen LogP contribution in [-0.2, 0) is 0 Å². The molecule has 0 unspecified atom stereocenters. The van der Waals surface area contributed by atoms with E-state index in [0.717, 1.165) is 0 Å². The molecule has 0 aliphatic rings. The number of rotatable bonds is 2. The number of amidine groups is 1. The molecule has 0 rings (SSSR count).